The van der Waals surface area contributed by atoms with Gasteiger partial charge in [-0.15, -0.1) is 0 Å². The van der Waals surface area contributed by atoms with Crippen LogP contribution in [0.5, 0.6) is 0 Å². The first-order valence-corrected chi connectivity index (χ1v) is 4.25. The topological polar surface area (TPSA) is 31.5 Å². The van der Waals surface area contributed by atoms with Gasteiger partial charge >= 0.3 is 0 Å². The molecule has 62 valence electrons. The van der Waals surface area contributed by atoms with Crippen molar-refractivity contribution < 1.29 is 5.48 Å². The van der Waals surface area contributed by atoms with Gasteiger partial charge in [-0.25, -0.2) is 0 Å². The van der Waals surface area contributed by atoms with E-state index in [4.69, 9.17) is 0 Å². The van der Waals surface area contributed by atoms with Gasteiger partial charge in [0.25, 0.3) is 0 Å². The molecule has 1 aliphatic carbocycles. The van der Waals surface area contributed by atoms with E-state index in [1.165, 1.54) is 19.3 Å². The maximum absolute atomic E-state index is 2.39. The van der Waals surface area contributed by atoms with Crippen LogP contribution in [0.1, 0.15) is 40.0 Å². The Labute approximate surface area is 64.1 Å². The monoisotopic (exact) mass is 144 g/mol. The van der Waals surface area contributed by atoms with Gasteiger partial charge in [0.05, 0.1) is 0 Å². The molecule has 0 aliphatic heterocycles. The van der Waals surface area contributed by atoms with Crippen LogP contribution in [0.25, 0.3) is 0 Å². The molecule has 0 bridgehead atoms. The maximum atomic E-state index is 2.39. The highest BCUT2D eigenvalue weighted by molar-refractivity contribution is 4.80. The minimum atomic E-state index is 0. The molecule has 1 rings (SSSR count). The van der Waals surface area contributed by atoms with Crippen LogP contribution in [0.3, 0.4) is 0 Å². The van der Waals surface area contributed by atoms with Gasteiger partial charge < -0.3 is 5.48 Å². The van der Waals surface area contributed by atoms with Gasteiger partial charge in [0.1, 0.15) is 0 Å². The van der Waals surface area contributed by atoms with Gasteiger partial charge in [0, 0.05) is 0 Å². The zero-order valence-electron chi connectivity index (χ0n) is 7.35. The summed E-state index contributed by atoms with van der Waals surface area (Å²) in [5, 5.41) is 0. The van der Waals surface area contributed by atoms with Crippen LogP contribution < -0.4 is 0 Å². The number of rotatable bonds is 2. The minimum Gasteiger partial charge on any atom is -0.412 e. The van der Waals surface area contributed by atoms with Crippen molar-refractivity contribution in [2.75, 3.05) is 0 Å². The van der Waals surface area contributed by atoms with E-state index in [0.29, 0.717) is 0 Å². The molecular weight excluding hydrogens is 124 g/mol. The first-order valence-electron chi connectivity index (χ1n) is 4.25. The van der Waals surface area contributed by atoms with Gasteiger partial charge in [-0.05, 0) is 24.2 Å². The molecule has 3 atom stereocenters. The zero-order chi connectivity index (χ0) is 6.85. The van der Waals surface area contributed by atoms with Crippen molar-refractivity contribution in [3.05, 3.63) is 0 Å². The molecule has 1 aliphatic rings. The second-order valence-corrected chi connectivity index (χ2v) is 3.60. The van der Waals surface area contributed by atoms with Crippen molar-refractivity contribution in [2.45, 2.75) is 40.0 Å². The Morgan fingerprint density at radius 1 is 1.40 bits per heavy atom. The highest BCUT2D eigenvalue weighted by Gasteiger charge is 2.29. The van der Waals surface area contributed by atoms with E-state index < -0.39 is 0 Å². The van der Waals surface area contributed by atoms with Gasteiger partial charge in [-0.2, -0.15) is 0 Å². The SMILES string of the molecule is CCC(C)C1CCC1C.O. The molecule has 0 radical (unpaired) electrons. The summed E-state index contributed by atoms with van der Waals surface area (Å²) in [5.74, 6) is 3.07. The summed E-state index contributed by atoms with van der Waals surface area (Å²) >= 11 is 0. The Kier molecular flexibility index (Phi) is 3.95. The van der Waals surface area contributed by atoms with E-state index in [1.54, 1.807) is 0 Å². The van der Waals surface area contributed by atoms with Crippen molar-refractivity contribution in [2.24, 2.45) is 17.8 Å². The second-order valence-electron chi connectivity index (χ2n) is 3.60. The predicted molar refractivity (Wildman–Crippen MR) is 45.0 cm³/mol. The molecule has 0 aromatic rings. The fourth-order valence-corrected chi connectivity index (χ4v) is 1.84. The van der Waals surface area contributed by atoms with Gasteiger partial charge in [0.2, 0.25) is 0 Å². The Balaban J connectivity index is 0.000000810. The van der Waals surface area contributed by atoms with E-state index >= 15 is 0 Å². The van der Waals surface area contributed by atoms with Crippen molar-refractivity contribution in [1.29, 1.82) is 0 Å². The lowest BCUT2D eigenvalue weighted by molar-refractivity contribution is 0.126. The molecule has 0 aromatic carbocycles. The Morgan fingerprint density at radius 3 is 2.10 bits per heavy atom. The lowest BCUT2D eigenvalue weighted by Gasteiger charge is -2.38. The Morgan fingerprint density at radius 2 is 2.00 bits per heavy atom. The Bertz CT molecular complexity index is 90.7. The van der Waals surface area contributed by atoms with Crippen molar-refractivity contribution in [1.82, 2.24) is 0 Å². The number of hydrogen-bond acceptors (Lipinski definition) is 0. The van der Waals surface area contributed by atoms with E-state index in [-0.39, 0.29) is 5.48 Å². The lowest BCUT2D eigenvalue weighted by atomic mass is 9.68. The highest BCUT2D eigenvalue weighted by atomic mass is 16.0. The first-order chi connectivity index (χ1) is 4.25. The molecule has 1 nitrogen and oxygen atoms in total. The van der Waals surface area contributed by atoms with E-state index in [1.807, 2.05) is 0 Å². The van der Waals surface area contributed by atoms with Gasteiger partial charge in [0.15, 0.2) is 0 Å². The molecule has 1 heteroatoms. The van der Waals surface area contributed by atoms with Crippen LogP contribution >= 0.6 is 0 Å². The molecule has 3 unspecified atom stereocenters. The first kappa shape index (κ1) is 9.96. The average Bonchev–Trinajstić information content (AvgIpc) is 1.84. The molecule has 0 aromatic heterocycles. The van der Waals surface area contributed by atoms with Crippen LogP contribution in [0.2, 0.25) is 0 Å². The Hall–Kier alpha value is -0.0400. The van der Waals surface area contributed by atoms with Gasteiger partial charge in [-0.1, -0.05) is 33.6 Å². The molecule has 2 N–H and O–H groups in total. The standard InChI is InChI=1S/C9H18.H2O/c1-4-7(2)9-6-5-8(9)3;/h7-9H,4-6H2,1-3H3;1H2. The third-order valence-electron chi connectivity index (χ3n) is 3.06. The summed E-state index contributed by atoms with van der Waals surface area (Å²) in [6.45, 7) is 7.08. The molecule has 10 heavy (non-hydrogen) atoms. The molecule has 0 spiro atoms. The fourth-order valence-electron chi connectivity index (χ4n) is 1.84. The molecule has 0 amide bonds. The van der Waals surface area contributed by atoms with Crippen LogP contribution in [0, 0.1) is 17.8 Å². The van der Waals surface area contributed by atoms with Crippen molar-refractivity contribution in [3.8, 4) is 0 Å². The largest absolute Gasteiger partial charge is 0.412 e. The van der Waals surface area contributed by atoms with Crippen LogP contribution in [-0.2, 0) is 0 Å². The summed E-state index contributed by atoms with van der Waals surface area (Å²) in [7, 11) is 0. The highest BCUT2D eigenvalue weighted by Crippen LogP contribution is 2.40. The number of hydrogen-bond donors (Lipinski definition) is 0. The van der Waals surface area contributed by atoms with E-state index in [2.05, 4.69) is 20.8 Å². The third-order valence-corrected chi connectivity index (χ3v) is 3.06. The van der Waals surface area contributed by atoms with Crippen molar-refractivity contribution in [3.63, 3.8) is 0 Å². The van der Waals surface area contributed by atoms with Crippen LogP contribution in [0.15, 0.2) is 0 Å². The van der Waals surface area contributed by atoms with E-state index in [0.717, 1.165) is 17.8 Å². The summed E-state index contributed by atoms with van der Waals surface area (Å²) in [4.78, 5) is 0. The normalized spacial score (nSPS) is 33.9. The maximum Gasteiger partial charge on any atom is -0.0363 e. The van der Waals surface area contributed by atoms with Crippen LogP contribution in [0.4, 0.5) is 0 Å². The predicted octanol–water partition coefficient (Wildman–Crippen LogP) is 2.25. The second kappa shape index (κ2) is 3.97. The van der Waals surface area contributed by atoms with Crippen molar-refractivity contribution >= 4 is 0 Å². The van der Waals surface area contributed by atoms with Crippen LogP contribution in [-0.4, -0.2) is 5.48 Å². The molecule has 0 heterocycles. The molecule has 1 saturated carbocycles. The summed E-state index contributed by atoms with van der Waals surface area (Å²) < 4.78 is 0. The fraction of sp³-hybridized carbons (Fsp3) is 1.00. The summed E-state index contributed by atoms with van der Waals surface area (Å²) in [5.41, 5.74) is 0. The summed E-state index contributed by atoms with van der Waals surface area (Å²) in [6.07, 6.45) is 4.35. The molecular formula is C9H20O. The molecule has 0 saturated heterocycles. The van der Waals surface area contributed by atoms with Gasteiger partial charge in [-0.3, -0.25) is 0 Å². The molecule has 1 fully saturated rings. The smallest absolute Gasteiger partial charge is 0.0363 e. The lowest BCUT2D eigenvalue weighted by Crippen LogP contribution is -2.28. The zero-order valence-corrected chi connectivity index (χ0v) is 7.35. The average molecular weight is 144 g/mol. The summed E-state index contributed by atoms with van der Waals surface area (Å²) in [6, 6.07) is 0. The van der Waals surface area contributed by atoms with E-state index in [9.17, 15) is 0 Å². The third kappa shape index (κ3) is 1.72. The minimum absolute atomic E-state index is 0. The quantitative estimate of drug-likeness (QED) is 0.569.